The molecule has 4 aromatic rings. The largest absolute Gasteiger partial charge is 0.490 e. The monoisotopic (exact) mass is 638 g/mol. The highest BCUT2D eigenvalue weighted by atomic mass is 32.2. The van der Waals surface area contributed by atoms with Crippen molar-refractivity contribution in [2.24, 2.45) is 5.41 Å². The van der Waals surface area contributed by atoms with Crippen LogP contribution in [0.15, 0.2) is 107 Å². The van der Waals surface area contributed by atoms with Crippen LogP contribution in [0.2, 0.25) is 0 Å². The predicted molar refractivity (Wildman–Crippen MR) is 188 cm³/mol. The third-order valence-corrected chi connectivity index (χ3v) is 11.8. The first-order valence-electron chi connectivity index (χ1n) is 17.0. The number of benzene rings is 4. The molecule has 1 unspecified atom stereocenters. The zero-order valence-electron chi connectivity index (χ0n) is 28.4. The first-order chi connectivity index (χ1) is 22.0. The Kier molecular flexibility index (Phi) is 10.3. The fourth-order valence-corrected chi connectivity index (χ4v) is 8.45. The maximum Gasteiger partial charge on any atom is 0.206 e. The zero-order chi connectivity index (χ0) is 33.0. The molecule has 5 rings (SSSR count). The van der Waals surface area contributed by atoms with Gasteiger partial charge in [-0.15, -0.1) is 0 Å². The average Bonchev–Trinajstić information content (AvgIpc) is 3.41. The third-order valence-electron chi connectivity index (χ3n) is 10.1. The van der Waals surface area contributed by atoms with Crippen molar-refractivity contribution in [2.75, 3.05) is 0 Å². The highest BCUT2D eigenvalue weighted by Crippen LogP contribution is 2.54. The minimum Gasteiger partial charge on any atom is -0.490 e. The van der Waals surface area contributed by atoms with Crippen molar-refractivity contribution in [1.82, 2.24) is 0 Å². The van der Waals surface area contributed by atoms with E-state index in [2.05, 4.69) is 77.9 Å². The SMILES string of the molecule is CCC(CC)Oc1ccc(C2(c3ccc(Oc4ccc(S(=O)(=O)c5ccc(C(CC)CC)cc5)cc4)cc3)CCC(C)(C)C2)cc1. The van der Waals surface area contributed by atoms with E-state index in [1.165, 1.54) is 16.7 Å². The highest BCUT2D eigenvalue weighted by molar-refractivity contribution is 7.91. The molecule has 4 aromatic carbocycles. The van der Waals surface area contributed by atoms with Crippen LogP contribution < -0.4 is 9.47 Å². The second kappa shape index (κ2) is 14.0. The van der Waals surface area contributed by atoms with E-state index in [4.69, 9.17) is 9.47 Å². The van der Waals surface area contributed by atoms with E-state index in [9.17, 15) is 8.42 Å². The number of hydrogen-bond donors (Lipinski definition) is 0. The van der Waals surface area contributed by atoms with Gasteiger partial charge in [-0.1, -0.05) is 77.9 Å². The van der Waals surface area contributed by atoms with Crippen LogP contribution in [0.4, 0.5) is 0 Å². The maximum atomic E-state index is 13.3. The Balaban J connectivity index is 1.31. The lowest BCUT2D eigenvalue weighted by atomic mass is 9.71. The van der Waals surface area contributed by atoms with Gasteiger partial charge in [0.25, 0.3) is 0 Å². The van der Waals surface area contributed by atoms with Crippen LogP contribution in [0.5, 0.6) is 17.2 Å². The van der Waals surface area contributed by atoms with E-state index < -0.39 is 9.84 Å². The highest BCUT2D eigenvalue weighted by Gasteiger charge is 2.45. The van der Waals surface area contributed by atoms with Gasteiger partial charge in [0.05, 0.1) is 15.9 Å². The molecular formula is C41H50O4S. The van der Waals surface area contributed by atoms with Gasteiger partial charge in [0.1, 0.15) is 17.2 Å². The van der Waals surface area contributed by atoms with E-state index in [0.717, 1.165) is 56.4 Å². The normalized spacial score (nSPS) is 17.8. The molecule has 1 saturated carbocycles. The van der Waals surface area contributed by atoms with Crippen LogP contribution in [0, 0.1) is 5.41 Å². The Morgan fingerprint density at radius 3 is 1.50 bits per heavy atom. The number of hydrogen-bond acceptors (Lipinski definition) is 4. The third kappa shape index (κ3) is 7.20. The summed E-state index contributed by atoms with van der Waals surface area (Å²) in [7, 11) is -3.62. The fraction of sp³-hybridized carbons (Fsp3) is 0.415. The molecule has 0 bridgehead atoms. The smallest absolute Gasteiger partial charge is 0.206 e. The molecule has 5 heteroatoms. The van der Waals surface area contributed by atoms with Gasteiger partial charge in [0.15, 0.2) is 0 Å². The minimum atomic E-state index is -3.62. The number of rotatable bonds is 13. The van der Waals surface area contributed by atoms with Crippen LogP contribution >= 0.6 is 0 Å². The Hall–Kier alpha value is -3.57. The van der Waals surface area contributed by atoms with Crippen molar-refractivity contribution < 1.29 is 17.9 Å². The van der Waals surface area contributed by atoms with Gasteiger partial charge >= 0.3 is 0 Å². The molecule has 0 aromatic heterocycles. The molecule has 1 aliphatic rings. The molecule has 1 fully saturated rings. The number of sulfone groups is 1. The van der Waals surface area contributed by atoms with Crippen LogP contribution in [0.3, 0.4) is 0 Å². The van der Waals surface area contributed by atoms with Crippen LogP contribution in [-0.2, 0) is 15.3 Å². The first-order valence-corrected chi connectivity index (χ1v) is 18.5. The fourth-order valence-electron chi connectivity index (χ4n) is 7.19. The van der Waals surface area contributed by atoms with Crippen LogP contribution in [-0.4, -0.2) is 14.5 Å². The minimum absolute atomic E-state index is 0.0718. The summed E-state index contributed by atoms with van der Waals surface area (Å²) in [6.45, 7) is 13.4. The van der Waals surface area contributed by atoms with Crippen molar-refractivity contribution in [3.63, 3.8) is 0 Å². The molecule has 0 heterocycles. The maximum absolute atomic E-state index is 13.3. The summed E-state index contributed by atoms with van der Waals surface area (Å²) in [4.78, 5) is 0.566. The second-order valence-corrected chi connectivity index (χ2v) is 15.6. The number of ether oxygens (including phenoxy) is 2. The zero-order valence-corrected chi connectivity index (χ0v) is 29.2. The summed E-state index contributed by atoms with van der Waals surface area (Å²) in [5, 5.41) is 0. The average molecular weight is 639 g/mol. The molecule has 0 radical (unpaired) electrons. The quantitative estimate of drug-likeness (QED) is 0.146. The van der Waals surface area contributed by atoms with Gasteiger partial charge in [0.2, 0.25) is 9.84 Å². The van der Waals surface area contributed by atoms with Crippen molar-refractivity contribution in [1.29, 1.82) is 0 Å². The molecule has 244 valence electrons. The van der Waals surface area contributed by atoms with Gasteiger partial charge < -0.3 is 9.47 Å². The molecule has 1 atom stereocenters. The summed E-state index contributed by atoms with van der Waals surface area (Å²) in [6, 6.07) is 31.2. The lowest BCUT2D eigenvalue weighted by Crippen LogP contribution is -2.26. The van der Waals surface area contributed by atoms with Gasteiger partial charge in [-0.25, -0.2) is 8.42 Å². The lowest BCUT2D eigenvalue weighted by Gasteiger charge is -2.33. The summed E-state index contributed by atoms with van der Waals surface area (Å²) in [5.74, 6) is 2.70. The summed E-state index contributed by atoms with van der Waals surface area (Å²) >= 11 is 0. The van der Waals surface area contributed by atoms with Crippen molar-refractivity contribution >= 4 is 9.84 Å². The van der Waals surface area contributed by atoms with Crippen LogP contribution in [0.1, 0.15) is 109 Å². The standard InChI is InChI=1S/C41H50O4S/c1-7-30(8-2)31-11-23-38(24-12-31)46(42,43)39-25-21-37(22-26-39)45-36-19-15-33(16-20-36)41(28-27-40(5,6)29-41)32-13-17-35(18-14-32)44-34(9-3)10-4/h11-26,30,34H,7-10,27-29H2,1-6H3. The van der Waals surface area contributed by atoms with Gasteiger partial charge in [0, 0.05) is 5.41 Å². The molecule has 46 heavy (non-hydrogen) atoms. The molecule has 0 saturated heterocycles. The Morgan fingerprint density at radius 1 is 0.609 bits per heavy atom. The van der Waals surface area contributed by atoms with E-state index in [1.54, 1.807) is 36.4 Å². The Bertz CT molecular complexity index is 1660. The summed E-state index contributed by atoms with van der Waals surface area (Å²) in [6.07, 6.45) is 7.64. The predicted octanol–water partition coefficient (Wildman–Crippen LogP) is 11.3. The Morgan fingerprint density at radius 2 is 1.07 bits per heavy atom. The van der Waals surface area contributed by atoms with Crippen LogP contribution in [0.25, 0.3) is 0 Å². The molecular weight excluding hydrogens is 589 g/mol. The van der Waals surface area contributed by atoms with E-state index in [0.29, 0.717) is 16.6 Å². The molecule has 0 spiro atoms. The molecule has 0 amide bonds. The van der Waals surface area contributed by atoms with E-state index >= 15 is 0 Å². The van der Waals surface area contributed by atoms with E-state index in [-0.39, 0.29) is 21.8 Å². The Labute approximate surface area is 277 Å². The van der Waals surface area contributed by atoms with E-state index in [1.807, 2.05) is 24.3 Å². The van der Waals surface area contributed by atoms with Crippen molar-refractivity contribution in [2.45, 2.75) is 114 Å². The molecule has 4 nitrogen and oxygen atoms in total. The van der Waals surface area contributed by atoms with Gasteiger partial charge in [-0.3, -0.25) is 0 Å². The lowest BCUT2D eigenvalue weighted by molar-refractivity contribution is 0.193. The molecule has 1 aliphatic carbocycles. The first kappa shape index (κ1) is 33.8. The summed E-state index contributed by atoms with van der Waals surface area (Å²) < 4.78 is 39.0. The summed E-state index contributed by atoms with van der Waals surface area (Å²) in [5.41, 5.74) is 3.97. The molecule has 0 aliphatic heterocycles. The van der Waals surface area contributed by atoms with Gasteiger partial charge in [-0.05, 0) is 134 Å². The molecule has 0 N–H and O–H groups in total. The topological polar surface area (TPSA) is 52.6 Å². The van der Waals surface area contributed by atoms with Gasteiger partial charge in [-0.2, -0.15) is 0 Å². The second-order valence-electron chi connectivity index (χ2n) is 13.7. The van der Waals surface area contributed by atoms with Crippen molar-refractivity contribution in [3.8, 4) is 17.2 Å². The van der Waals surface area contributed by atoms with Crippen molar-refractivity contribution in [3.05, 3.63) is 114 Å².